The maximum absolute atomic E-state index is 13.5. The van der Waals surface area contributed by atoms with Crippen molar-refractivity contribution in [2.45, 2.75) is 71.1 Å². The summed E-state index contributed by atoms with van der Waals surface area (Å²) in [5.74, 6) is -1.83. The molecule has 1 aliphatic rings. The number of carbonyl (C=O) groups excluding carboxylic acids is 4. The SMILES string of the molecule is CN[C@@H](C)C(=O)N[C@H](C(=O)N1CCC[C@H]1C(=O)N[C@@H](Cc1cccc(-c2ccccc2C)c1)C(N)=O)C(C)C. The number of likely N-dealkylation sites (N-methyl/N-ethyl adjacent to an activating group) is 1. The van der Waals surface area contributed by atoms with Crippen LogP contribution in [0.5, 0.6) is 0 Å². The molecule has 1 fully saturated rings. The number of amides is 4. The van der Waals surface area contributed by atoms with Crippen LogP contribution >= 0.6 is 0 Å². The summed E-state index contributed by atoms with van der Waals surface area (Å²) in [7, 11) is 1.67. The predicted octanol–water partition coefficient (Wildman–Crippen LogP) is 1.91. The van der Waals surface area contributed by atoms with Crippen LogP contribution in [0.4, 0.5) is 0 Å². The highest BCUT2D eigenvalue weighted by Gasteiger charge is 2.39. The van der Waals surface area contributed by atoms with Gasteiger partial charge in [0.2, 0.25) is 23.6 Å². The quantitative estimate of drug-likeness (QED) is 0.349. The summed E-state index contributed by atoms with van der Waals surface area (Å²) >= 11 is 0. The molecule has 1 heterocycles. The van der Waals surface area contributed by atoms with Gasteiger partial charge in [-0.2, -0.15) is 0 Å². The van der Waals surface area contributed by atoms with Crippen LogP contribution in [-0.2, 0) is 25.6 Å². The molecule has 9 heteroatoms. The average Bonchev–Trinajstić information content (AvgIpc) is 3.41. The summed E-state index contributed by atoms with van der Waals surface area (Å²) in [5.41, 5.74) is 9.80. The van der Waals surface area contributed by atoms with Gasteiger partial charge in [-0.25, -0.2) is 0 Å². The number of primary amides is 1. The van der Waals surface area contributed by atoms with E-state index in [1.807, 2.05) is 69.3 Å². The maximum Gasteiger partial charge on any atom is 0.246 e. The number of nitrogens with one attached hydrogen (secondary N) is 3. The number of hydrogen-bond acceptors (Lipinski definition) is 5. The molecule has 1 saturated heterocycles. The van der Waals surface area contributed by atoms with E-state index in [1.165, 1.54) is 4.90 Å². The van der Waals surface area contributed by atoms with E-state index < -0.39 is 36.0 Å². The van der Waals surface area contributed by atoms with Gasteiger partial charge in [0.05, 0.1) is 6.04 Å². The van der Waals surface area contributed by atoms with Gasteiger partial charge in [0.15, 0.2) is 0 Å². The molecule has 210 valence electrons. The summed E-state index contributed by atoms with van der Waals surface area (Å²) < 4.78 is 0. The van der Waals surface area contributed by atoms with E-state index in [4.69, 9.17) is 5.73 Å². The number of aryl methyl sites for hydroxylation is 1. The third-order valence-corrected chi connectivity index (χ3v) is 7.38. The van der Waals surface area contributed by atoms with Gasteiger partial charge in [0.1, 0.15) is 18.1 Å². The van der Waals surface area contributed by atoms with E-state index >= 15 is 0 Å². The summed E-state index contributed by atoms with van der Waals surface area (Å²) in [6.07, 6.45) is 1.35. The Hall–Kier alpha value is -3.72. The van der Waals surface area contributed by atoms with Gasteiger partial charge in [-0.05, 0) is 61.9 Å². The molecule has 1 aliphatic heterocycles. The van der Waals surface area contributed by atoms with Gasteiger partial charge in [0.25, 0.3) is 0 Å². The Morgan fingerprint density at radius 1 is 1.03 bits per heavy atom. The van der Waals surface area contributed by atoms with Crippen molar-refractivity contribution in [1.82, 2.24) is 20.9 Å². The molecule has 3 rings (SSSR count). The first kappa shape index (κ1) is 29.8. The summed E-state index contributed by atoms with van der Waals surface area (Å²) in [5, 5.41) is 8.48. The minimum Gasteiger partial charge on any atom is -0.368 e. The molecule has 0 unspecified atom stereocenters. The van der Waals surface area contributed by atoms with Crippen molar-refractivity contribution in [2.24, 2.45) is 11.7 Å². The second kappa shape index (κ2) is 13.4. The molecular weight excluding hydrogens is 494 g/mol. The van der Waals surface area contributed by atoms with Crippen molar-refractivity contribution in [2.75, 3.05) is 13.6 Å². The summed E-state index contributed by atoms with van der Waals surface area (Å²) in [6, 6.07) is 13.0. The van der Waals surface area contributed by atoms with E-state index in [9.17, 15) is 19.2 Å². The lowest BCUT2D eigenvalue weighted by atomic mass is 9.96. The standard InChI is InChI=1S/C30H41N5O4/c1-18(2)26(34-28(37)20(4)32-5)30(39)35-15-9-14-25(35)29(38)33-24(27(31)36)17-21-11-8-12-22(16-21)23-13-7-6-10-19(23)3/h6-8,10-13,16,18,20,24-26,32H,9,14-15,17H2,1-5H3,(H2,31,36)(H,33,38)(H,34,37)/t20-,24-,25-,26-/m0/s1. The lowest BCUT2D eigenvalue weighted by Gasteiger charge is -2.31. The molecule has 2 aromatic rings. The number of rotatable bonds is 11. The first-order chi connectivity index (χ1) is 18.5. The van der Waals surface area contributed by atoms with Crippen LogP contribution in [-0.4, -0.2) is 66.3 Å². The highest BCUT2D eigenvalue weighted by Crippen LogP contribution is 2.25. The van der Waals surface area contributed by atoms with Gasteiger partial charge in [-0.15, -0.1) is 0 Å². The Morgan fingerprint density at radius 3 is 2.38 bits per heavy atom. The Bertz CT molecular complexity index is 1200. The molecule has 0 saturated carbocycles. The Labute approximate surface area is 230 Å². The highest BCUT2D eigenvalue weighted by molar-refractivity contribution is 5.95. The van der Waals surface area contributed by atoms with Gasteiger partial charge in [-0.3, -0.25) is 19.2 Å². The first-order valence-electron chi connectivity index (χ1n) is 13.6. The molecule has 2 aromatic carbocycles. The van der Waals surface area contributed by atoms with Crippen LogP contribution in [0.2, 0.25) is 0 Å². The molecule has 4 amide bonds. The van der Waals surface area contributed by atoms with Crippen molar-refractivity contribution in [3.8, 4) is 11.1 Å². The fraction of sp³-hybridized carbons (Fsp3) is 0.467. The molecule has 0 radical (unpaired) electrons. The third-order valence-electron chi connectivity index (χ3n) is 7.38. The molecule has 5 N–H and O–H groups in total. The van der Waals surface area contributed by atoms with Crippen molar-refractivity contribution < 1.29 is 19.2 Å². The molecule has 0 bridgehead atoms. The molecule has 0 aromatic heterocycles. The van der Waals surface area contributed by atoms with Crippen LogP contribution in [0.1, 0.15) is 44.7 Å². The number of likely N-dealkylation sites (tertiary alicyclic amines) is 1. The summed E-state index contributed by atoms with van der Waals surface area (Å²) in [4.78, 5) is 53.2. The number of nitrogens with two attached hydrogens (primary N) is 1. The smallest absolute Gasteiger partial charge is 0.246 e. The van der Waals surface area contributed by atoms with Crippen molar-refractivity contribution in [3.05, 3.63) is 59.7 Å². The number of carbonyl (C=O) groups is 4. The zero-order valence-electron chi connectivity index (χ0n) is 23.5. The molecule has 4 atom stereocenters. The van der Waals surface area contributed by atoms with Crippen LogP contribution in [0.25, 0.3) is 11.1 Å². The fourth-order valence-electron chi connectivity index (χ4n) is 4.89. The van der Waals surface area contributed by atoms with Crippen LogP contribution in [0, 0.1) is 12.8 Å². The summed E-state index contributed by atoms with van der Waals surface area (Å²) in [6.45, 7) is 7.86. The number of nitrogens with zero attached hydrogens (tertiary/aromatic N) is 1. The van der Waals surface area contributed by atoms with E-state index in [1.54, 1.807) is 14.0 Å². The van der Waals surface area contributed by atoms with Crippen molar-refractivity contribution in [1.29, 1.82) is 0 Å². The molecule has 39 heavy (non-hydrogen) atoms. The lowest BCUT2D eigenvalue weighted by Crippen LogP contribution is -2.58. The largest absolute Gasteiger partial charge is 0.368 e. The molecule has 0 aliphatic carbocycles. The zero-order chi connectivity index (χ0) is 28.7. The number of benzene rings is 2. The second-order valence-corrected chi connectivity index (χ2v) is 10.6. The van der Waals surface area contributed by atoms with Crippen LogP contribution < -0.4 is 21.7 Å². The zero-order valence-corrected chi connectivity index (χ0v) is 23.5. The Morgan fingerprint density at radius 2 is 1.74 bits per heavy atom. The van der Waals surface area contributed by atoms with Gasteiger partial charge in [0, 0.05) is 13.0 Å². The van der Waals surface area contributed by atoms with Crippen molar-refractivity contribution in [3.63, 3.8) is 0 Å². The molecule has 9 nitrogen and oxygen atoms in total. The van der Waals surface area contributed by atoms with Crippen molar-refractivity contribution >= 4 is 23.6 Å². The van der Waals surface area contributed by atoms with E-state index in [0.717, 1.165) is 22.3 Å². The van der Waals surface area contributed by atoms with E-state index in [2.05, 4.69) is 16.0 Å². The fourth-order valence-corrected chi connectivity index (χ4v) is 4.89. The topological polar surface area (TPSA) is 134 Å². The first-order valence-corrected chi connectivity index (χ1v) is 13.6. The van der Waals surface area contributed by atoms with E-state index in [-0.39, 0.29) is 24.2 Å². The van der Waals surface area contributed by atoms with E-state index in [0.29, 0.717) is 19.4 Å². The van der Waals surface area contributed by atoms with Gasteiger partial charge >= 0.3 is 0 Å². The van der Waals surface area contributed by atoms with Gasteiger partial charge in [-0.1, -0.05) is 62.4 Å². The van der Waals surface area contributed by atoms with Gasteiger partial charge < -0.3 is 26.6 Å². The second-order valence-electron chi connectivity index (χ2n) is 10.6. The normalized spacial score (nSPS) is 17.4. The minimum atomic E-state index is -0.931. The highest BCUT2D eigenvalue weighted by atomic mass is 16.2. The van der Waals surface area contributed by atoms with Crippen LogP contribution in [0.15, 0.2) is 48.5 Å². The Balaban J connectivity index is 1.73. The monoisotopic (exact) mass is 535 g/mol. The molecular formula is C30H41N5O4. The lowest BCUT2D eigenvalue weighted by molar-refractivity contribution is -0.143. The van der Waals surface area contributed by atoms with Crippen LogP contribution in [0.3, 0.4) is 0 Å². The predicted molar refractivity (Wildman–Crippen MR) is 151 cm³/mol. The third kappa shape index (κ3) is 7.44. The molecule has 0 spiro atoms. The minimum absolute atomic E-state index is 0.172. The number of hydrogen-bond donors (Lipinski definition) is 4. The maximum atomic E-state index is 13.5. The Kier molecular flexibility index (Phi) is 10.2. The average molecular weight is 536 g/mol.